The van der Waals surface area contributed by atoms with Gasteiger partial charge >= 0.3 is 6.18 Å². The van der Waals surface area contributed by atoms with Crippen molar-refractivity contribution in [2.75, 3.05) is 0 Å². The third-order valence-electron chi connectivity index (χ3n) is 0.852. The summed E-state index contributed by atoms with van der Waals surface area (Å²) in [5.74, 6) is 1.25. The van der Waals surface area contributed by atoms with Crippen molar-refractivity contribution < 1.29 is 18.0 Å². The van der Waals surface area contributed by atoms with Gasteiger partial charge in [0.2, 0.25) is 5.78 Å². The molecule has 0 rings (SSSR count). The van der Waals surface area contributed by atoms with Gasteiger partial charge in [-0.3, -0.25) is 4.79 Å². The van der Waals surface area contributed by atoms with Crippen LogP contribution >= 0.6 is 0 Å². The predicted octanol–water partition coefficient (Wildman–Crippen LogP) is 1.78. The minimum absolute atomic E-state index is 0.468. The topological polar surface area (TPSA) is 17.1 Å². The maximum absolute atomic E-state index is 11.4. The first-order chi connectivity index (χ1) is 4.83. The van der Waals surface area contributed by atoms with Crippen molar-refractivity contribution in [2.24, 2.45) is 5.92 Å². The van der Waals surface area contributed by atoms with E-state index in [2.05, 4.69) is 0 Å². The molecule has 0 fully saturated rings. The molecule has 0 heterocycles. The fourth-order valence-corrected chi connectivity index (χ4v) is 0.277. The molecule has 0 bridgehead atoms. The van der Waals surface area contributed by atoms with Crippen LogP contribution in [0.3, 0.4) is 0 Å². The number of alkyl halides is 3. The van der Waals surface area contributed by atoms with Gasteiger partial charge in [0, 0.05) is 11.8 Å². The van der Waals surface area contributed by atoms with Gasteiger partial charge in [0.25, 0.3) is 0 Å². The molecule has 0 spiro atoms. The molecule has 0 aliphatic heterocycles. The molecule has 0 N–H and O–H groups in total. The number of Topliss-reactive ketones (excluding diaryl/α,β-unsaturated/α-hetero) is 1. The zero-order valence-corrected chi connectivity index (χ0v) is 6.12. The lowest BCUT2D eigenvalue weighted by molar-refractivity contribution is -0.116. The SMILES string of the molecule is CC(C)C(=O)C#CC(F)(F)F. The second-order valence-corrected chi connectivity index (χ2v) is 2.27. The molecule has 0 unspecified atom stereocenters. The first-order valence-corrected chi connectivity index (χ1v) is 2.96. The minimum Gasteiger partial charge on any atom is -0.285 e. The van der Waals surface area contributed by atoms with E-state index in [1.165, 1.54) is 19.8 Å². The van der Waals surface area contributed by atoms with E-state index >= 15 is 0 Å². The highest BCUT2D eigenvalue weighted by molar-refractivity contribution is 5.96. The van der Waals surface area contributed by atoms with Crippen LogP contribution in [0.2, 0.25) is 0 Å². The molecular weight excluding hydrogens is 157 g/mol. The van der Waals surface area contributed by atoms with Crippen LogP contribution in [0.15, 0.2) is 0 Å². The smallest absolute Gasteiger partial charge is 0.285 e. The van der Waals surface area contributed by atoms with Crippen molar-refractivity contribution in [1.82, 2.24) is 0 Å². The van der Waals surface area contributed by atoms with Crippen LogP contribution in [0.1, 0.15) is 13.8 Å². The number of carbonyl (C=O) groups is 1. The van der Waals surface area contributed by atoms with E-state index in [1.54, 1.807) is 0 Å². The van der Waals surface area contributed by atoms with E-state index in [-0.39, 0.29) is 0 Å². The van der Waals surface area contributed by atoms with Gasteiger partial charge in [0.05, 0.1) is 0 Å². The first-order valence-electron chi connectivity index (χ1n) is 2.96. The molecule has 0 saturated carbocycles. The lowest BCUT2D eigenvalue weighted by Gasteiger charge is -1.94. The predicted molar refractivity (Wildman–Crippen MR) is 33.7 cm³/mol. The summed E-state index contributed by atoms with van der Waals surface area (Å²) < 4.78 is 34.1. The zero-order valence-electron chi connectivity index (χ0n) is 6.12. The van der Waals surface area contributed by atoms with Gasteiger partial charge < -0.3 is 0 Å². The lowest BCUT2D eigenvalue weighted by Crippen LogP contribution is -2.07. The largest absolute Gasteiger partial charge is 0.458 e. The number of rotatable bonds is 1. The molecule has 0 aliphatic rings. The molecule has 62 valence electrons. The third-order valence-corrected chi connectivity index (χ3v) is 0.852. The molecule has 0 aliphatic carbocycles. The molecule has 1 nitrogen and oxygen atoms in total. The minimum atomic E-state index is -4.56. The Morgan fingerprint density at radius 3 is 2.09 bits per heavy atom. The number of carbonyl (C=O) groups excluding carboxylic acids is 1. The van der Waals surface area contributed by atoms with Crippen LogP contribution in [0, 0.1) is 17.8 Å². The normalized spacial score (nSPS) is 10.7. The van der Waals surface area contributed by atoms with E-state index in [0.717, 1.165) is 5.92 Å². The highest BCUT2D eigenvalue weighted by Gasteiger charge is 2.23. The Labute approximate surface area is 62.6 Å². The van der Waals surface area contributed by atoms with E-state index in [9.17, 15) is 18.0 Å². The second-order valence-electron chi connectivity index (χ2n) is 2.27. The number of hydrogen-bond donors (Lipinski definition) is 0. The summed E-state index contributed by atoms with van der Waals surface area (Å²) in [6.07, 6.45) is -4.56. The first kappa shape index (κ1) is 10.0. The van der Waals surface area contributed by atoms with Gasteiger partial charge in [0.1, 0.15) is 0 Å². The van der Waals surface area contributed by atoms with Crippen LogP contribution in [0.5, 0.6) is 0 Å². The van der Waals surface area contributed by atoms with Gasteiger partial charge in [0.15, 0.2) is 0 Å². The Hall–Kier alpha value is -0.980. The van der Waals surface area contributed by atoms with Crippen molar-refractivity contribution in [3.63, 3.8) is 0 Å². The zero-order chi connectivity index (χ0) is 9.07. The van der Waals surface area contributed by atoms with Crippen LogP contribution in [0.4, 0.5) is 13.2 Å². The number of ketones is 1. The second kappa shape index (κ2) is 3.42. The summed E-state index contributed by atoms with van der Waals surface area (Å²) in [4.78, 5) is 10.5. The molecule has 0 amide bonds. The maximum atomic E-state index is 11.4. The highest BCUT2D eigenvalue weighted by Crippen LogP contribution is 2.11. The summed E-state index contributed by atoms with van der Waals surface area (Å²) in [6.45, 7) is 2.99. The fourth-order valence-electron chi connectivity index (χ4n) is 0.277. The summed E-state index contributed by atoms with van der Waals surface area (Å²) in [7, 11) is 0. The quantitative estimate of drug-likeness (QED) is 0.426. The van der Waals surface area contributed by atoms with Crippen molar-refractivity contribution in [1.29, 1.82) is 0 Å². The Morgan fingerprint density at radius 1 is 1.36 bits per heavy atom. The van der Waals surface area contributed by atoms with Crippen LogP contribution in [-0.2, 0) is 4.79 Å². The number of hydrogen-bond acceptors (Lipinski definition) is 1. The molecule has 0 saturated heterocycles. The molecule has 4 heteroatoms. The lowest BCUT2D eigenvalue weighted by atomic mass is 10.1. The molecule has 0 aromatic heterocycles. The molecule has 11 heavy (non-hydrogen) atoms. The fraction of sp³-hybridized carbons (Fsp3) is 0.571. The van der Waals surface area contributed by atoms with Crippen molar-refractivity contribution in [3.05, 3.63) is 0 Å². The van der Waals surface area contributed by atoms with Gasteiger partial charge in [-0.25, -0.2) is 0 Å². The molecule has 0 atom stereocenters. The van der Waals surface area contributed by atoms with Crippen LogP contribution in [-0.4, -0.2) is 12.0 Å². The Kier molecular flexibility index (Phi) is 3.12. The van der Waals surface area contributed by atoms with Crippen molar-refractivity contribution in [3.8, 4) is 11.8 Å². The van der Waals surface area contributed by atoms with Crippen molar-refractivity contribution in [2.45, 2.75) is 20.0 Å². The number of halogens is 3. The summed E-state index contributed by atoms with van der Waals surface area (Å²) in [5, 5.41) is 0. The molecular formula is C7H7F3O. The third kappa shape index (κ3) is 5.46. The molecule has 0 radical (unpaired) electrons. The van der Waals surface area contributed by atoms with Gasteiger partial charge in [-0.2, -0.15) is 13.2 Å². The average Bonchev–Trinajstić information content (AvgIpc) is 1.80. The van der Waals surface area contributed by atoms with Gasteiger partial charge in [-0.05, 0) is 5.92 Å². The maximum Gasteiger partial charge on any atom is 0.458 e. The molecule has 0 aromatic rings. The van der Waals surface area contributed by atoms with Crippen LogP contribution < -0.4 is 0 Å². The highest BCUT2D eigenvalue weighted by atomic mass is 19.4. The van der Waals surface area contributed by atoms with E-state index < -0.39 is 17.9 Å². The Balaban J connectivity index is 4.20. The van der Waals surface area contributed by atoms with Crippen LogP contribution in [0.25, 0.3) is 0 Å². The summed E-state index contributed by atoms with van der Waals surface area (Å²) in [5.41, 5.74) is 0. The Bertz CT molecular complexity index is 204. The summed E-state index contributed by atoms with van der Waals surface area (Å²) >= 11 is 0. The van der Waals surface area contributed by atoms with E-state index in [0.29, 0.717) is 0 Å². The monoisotopic (exact) mass is 164 g/mol. The van der Waals surface area contributed by atoms with Gasteiger partial charge in [-0.15, -0.1) is 0 Å². The Morgan fingerprint density at radius 2 is 1.82 bits per heavy atom. The molecule has 0 aromatic carbocycles. The van der Waals surface area contributed by atoms with Gasteiger partial charge in [-0.1, -0.05) is 13.8 Å². The summed E-state index contributed by atoms with van der Waals surface area (Å²) in [6, 6.07) is 0. The standard InChI is InChI=1S/C7H7F3O/c1-5(2)6(11)3-4-7(8,9)10/h5H,1-2H3. The van der Waals surface area contributed by atoms with Crippen molar-refractivity contribution >= 4 is 5.78 Å². The average molecular weight is 164 g/mol. The van der Waals surface area contributed by atoms with E-state index in [1.807, 2.05) is 0 Å². The van der Waals surface area contributed by atoms with E-state index in [4.69, 9.17) is 0 Å².